The van der Waals surface area contributed by atoms with E-state index >= 15 is 0 Å². The second kappa shape index (κ2) is 13.6. The lowest BCUT2D eigenvalue weighted by atomic mass is 9.95. The normalized spacial score (nSPS) is 14.3. The van der Waals surface area contributed by atoms with Crippen molar-refractivity contribution in [2.24, 2.45) is 4.99 Å². The van der Waals surface area contributed by atoms with E-state index in [2.05, 4.69) is 4.99 Å². The van der Waals surface area contributed by atoms with Crippen molar-refractivity contribution in [3.8, 4) is 5.75 Å². The zero-order valence-corrected chi connectivity index (χ0v) is 26.0. The minimum absolute atomic E-state index is 0.0694. The molecule has 5 aromatic rings. The van der Waals surface area contributed by atoms with Gasteiger partial charge in [-0.2, -0.15) is 0 Å². The third-order valence-corrected chi connectivity index (χ3v) is 8.51. The molecule has 46 heavy (non-hydrogen) atoms. The van der Waals surface area contributed by atoms with Gasteiger partial charge in [-0.25, -0.2) is 14.6 Å². The van der Waals surface area contributed by atoms with Gasteiger partial charge in [0, 0.05) is 0 Å². The molecular formula is C37H30N2O6S. The van der Waals surface area contributed by atoms with Crippen molar-refractivity contribution in [2.45, 2.75) is 26.2 Å². The first-order valence-corrected chi connectivity index (χ1v) is 15.4. The smallest absolute Gasteiger partial charge is 0.338 e. The number of carbonyl (C=O) groups is 2. The zero-order chi connectivity index (χ0) is 32.0. The molecule has 0 bridgehead atoms. The van der Waals surface area contributed by atoms with E-state index in [1.165, 1.54) is 23.0 Å². The van der Waals surface area contributed by atoms with Crippen LogP contribution in [0.15, 0.2) is 130 Å². The molecular weight excluding hydrogens is 600 g/mol. The van der Waals surface area contributed by atoms with E-state index in [0.717, 1.165) is 16.7 Å². The van der Waals surface area contributed by atoms with Crippen molar-refractivity contribution in [1.29, 1.82) is 0 Å². The summed E-state index contributed by atoms with van der Waals surface area (Å²) >= 11 is 1.24. The van der Waals surface area contributed by atoms with Crippen LogP contribution in [0.2, 0.25) is 0 Å². The first-order valence-electron chi connectivity index (χ1n) is 14.6. The van der Waals surface area contributed by atoms with Gasteiger partial charge in [0.05, 0.1) is 34.5 Å². The van der Waals surface area contributed by atoms with Crippen LogP contribution in [0.5, 0.6) is 5.75 Å². The molecule has 9 heteroatoms. The zero-order valence-electron chi connectivity index (χ0n) is 25.2. The lowest BCUT2D eigenvalue weighted by Gasteiger charge is -2.25. The summed E-state index contributed by atoms with van der Waals surface area (Å²) < 4.78 is 18.5. The SMILES string of the molecule is COC(=O)c1ccc(C2C(C(=O)OCc3ccccc3)=C(C)N=c3sc(=Cc4ccc(OCc5ccccc5)cc4)c(=O)n32)cc1. The maximum absolute atomic E-state index is 14.0. The number of nitrogens with zero attached hydrogens (tertiary/aromatic N) is 2. The van der Waals surface area contributed by atoms with Gasteiger partial charge in [-0.05, 0) is 59.5 Å². The van der Waals surface area contributed by atoms with Crippen LogP contribution < -0.4 is 19.6 Å². The topological polar surface area (TPSA) is 96.2 Å². The van der Waals surface area contributed by atoms with Crippen LogP contribution in [-0.4, -0.2) is 23.6 Å². The molecule has 0 saturated carbocycles. The summed E-state index contributed by atoms with van der Waals surface area (Å²) in [6.07, 6.45) is 1.80. The van der Waals surface area contributed by atoms with Crippen LogP contribution >= 0.6 is 11.3 Å². The Morgan fingerprint density at radius 3 is 2.09 bits per heavy atom. The van der Waals surface area contributed by atoms with Crippen molar-refractivity contribution in [3.63, 3.8) is 0 Å². The fraction of sp³-hybridized carbons (Fsp3) is 0.135. The maximum atomic E-state index is 14.0. The molecule has 0 aliphatic carbocycles. The first kappa shape index (κ1) is 30.5. The number of fused-ring (bicyclic) bond motifs is 1. The highest BCUT2D eigenvalue weighted by molar-refractivity contribution is 7.07. The summed E-state index contributed by atoms with van der Waals surface area (Å²) in [6.45, 7) is 2.26. The number of thiazole rings is 1. The van der Waals surface area contributed by atoms with Gasteiger partial charge in [0.25, 0.3) is 5.56 Å². The first-order chi connectivity index (χ1) is 22.4. The van der Waals surface area contributed by atoms with Crippen LogP contribution in [0.4, 0.5) is 0 Å². The van der Waals surface area contributed by atoms with Crippen LogP contribution in [0.25, 0.3) is 6.08 Å². The Balaban J connectivity index is 1.34. The van der Waals surface area contributed by atoms with Gasteiger partial charge in [-0.15, -0.1) is 0 Å². The van der Waals surface area contributed by atoms with Gasteiger partial charge in [0.1, 0.15) is 19.0 Å². The average molecular weight is 631 g/mol. The molecule has 8 nitrogen and oxygen atoms in total. The second-order valence-electron chi connectivity index (χ2n) is 10.6. The maximum Gasteiger partial charge on any atom is 0.338 e. The minimum atomic E-state index is -0.817. The molecule has 2 heterocycles. The Morgan fingerprint density at radius 2 is 1.46 bits per heavy atom. The van der Waals surface area contributed by atoms with E-state index in [-0.39, 0.29) is 17.7 Å². The fourth-order valence-electron chi connectivity index (χ4n) is 5.17. The number of carbonyl (C=O) groups excluding carboxylic acids is 2. The van der Waals surface area contributed by atoms with Crippen LogP contribution in [0.3, 0.4) is 0 Å². The lowest BCUT2D eigenvalue weighted by Crippen LogP contribution is -2.39. The second-order valence-corrected chi connectivity index (χ2v) is 11.6. The number of esters is 2. The van der Waals surface area contributed by atoms with Gasteiger partial charge in [-0.3, -0.25) is 9.36 Å². The van der Waals surface area contributed by atoms with Gasteiger partial charge < -0.3 is 14.2 Å². The number of hydrogen-bond acceptors (Lipinski definition) is 8. The summed E-state index contributed by atoms with van der Waals surface area (Å²) in [5.74, 6) is -0.346. The highest BCUT2D eigenvalue weighted by Crippen LogP contribution is 2.31. The molecule has 1 aliphatic heterocycles. The molecule has 0 N–H and O–H groups in total. The van der Waals surface area contributed by atoms with E-state index < -0.39 is 18.0 Å². The van der Waals surface area contributed by atoms with Gasteiger partial charge in [-0.1, -0.05) is 96.3 Å². The standard InChI is InChI=1S/C37H30N2O6S/c1-24-32(36(42)45-23-27-11-7-4-8-12-27)33(28-15-17-29(18-16-28)35(41)43-2)39-34(40)31(46-37(39)38-24)21-25-13-19-30(20-14-25)44-22-26-9-5-3-6-10-26/h3-21,33H,22-23H2,1-2H3. The molecule has 0 saturated heterocycles. The third kappa shape index (κ3) is 6.60. The van der Waals surface area contributed by atoms with Crippen molar-refractivity contribution < 1.29 is 23.8 Å². The molecule has 4 aromatic carbocycles. The van der Waals surface area contributed by atoms with Gasteiger partial charge in [0.2, 0.25) is 0 Å². The highest BCUT2D eigenvalue weighted by atomic mass is 32.1. The van der Waals surface area contributed by atoms with E-state index in [9.17, 15) is 14.4 Å². The van der Waals surface area contributed by atoms with Crippen LogP contribution in [0.1, 0.15) is 45.6 Å². The van der Waals surface area contributed by atoms with E-state index in [1.54, 1.807) is 37.3 Å². The molecule has 0 fully saturated rings. The number of allylic oxidation sites excluding steroid dienone is 1. The minimum Gasteiger partial charge on any atom is -0.489 e. The predicted molar refractivity (Wildman–Crippen MR) is 175 cm³/mol. The average Bonchev–Trinajstić information content (AvgIpc) is 3.40. The molecule has 0 spiro atoms. The Hall–Kier alpha value is -5.54. The summed E-state index contributed by atoms with van der Waals surface area (Å²) in [6, 6.07) is 32.6. The van der Waals surface area contributed by atoms with Gasteiger partial charge in [0.15, 0.2) is 4.80 Å². The fourth-order valence-corrected chi connectivity index (χ4v) is 6.22. The summed E-state index contributed by atoms with van der Waals surface area (Å²) in [7, 11) is 1.31. The molecule has 0 amide bonds. The molecule has 230 valence electrons. The molecule has 1 unspecified atom stereocenters. The van der Waals surface area contributed by atoms with Crippen LogP contribution in [0, 0.1) is 0 Å². The number of ether oxygens (including phenoxy) is 3. The molecule has 6 rings (SSSR count). The van der Waals surface area contributed by atoms with Crippen molar-refractivity contribution in [1.82, 2.24) is 4.57 Å². The molecule has 0 radical (unpaired) electrons. The Bertz CT molecular complexity index is 2080. The Labute approximate surface area is 269 Å². The van der Waals surface area contributed by atoms with Crippen molar-refractivity contribution in [3.05, 3.63) is 168 Å². The number of benzene rings is 4. The number of rotatable bonds is 9. The molecule has 1 aliphatic rings. The summed E-state index contributed by atoms with van der Waals surface area (Å²) in [5.41, 5.74) is 4.10. The summed E-state index contributed by atoms with van der Waals surface area (Å²) in [5, 5.41) is 0. The monoisotopic (exact) mass is 630 g/mol. The molecule has 1 atom stereocenters. The number of hydrogen-bond donors (Lipinski definition) is 0. The van der Waals surface area contributed by atoms with E-state index in [1.807, 2.05) is 84.9 Å². The van der Waals surface area contributed by atoms with E-state index in [0.29, 0.717) is 38.5 Å². The van der Waals surface area contributed by atoms with Crippen LogP contribution in [-0.2, 0) is 27.5 Å². The Kier molecular flexibility index (Phi) is 9.03. The Morgan fingerprint density at radius 1 is 0.826 bits per heavy atom. The largest absolute Gasteiger partial charge is 0.489 e. The highest BCUT2D eigenvalue weighted by Gasteiger charge is 2.33. The van der Waals surface area contributed by atoms with Crippen molar-refractivity contribution >= 4 is 29.4 Å². The van der Waals surface area contributed by atoms with Gasteiger partial charge >= 0.3 is 11.9 Å². The third-order valence-electron chi connectivity index (χ3n) is 7.53. The molecule has 1 aromatic heterocycles. The van der Waals surface area contributed by atoms with Crippen molar-refractivity contribution in [2.75, 3.05) is 7.11 Å². The number of aromatic nitrogens is 1. The lowest BCUT2D eigenvalue weighted by molar-refractivity contribution is -0.140. The predicted octanol–water partition coefficient (Wildman–Crippen LogP) is 5.34. The quantitative estimate of drug-likeness (QED) is 0.204. The number of methoxy groups -OCH3 is 1. The summed E-state index contributed by atoms with van der Waals surface area (Å²) in [4.78, 5) is 44.9. The van der Waals surface area contributed by atoms with E-state index in [4.69, 9.17) is 14.2 Å².